The molecule has 0 N–H and O–H groups in total. The van der Waals surface area contributed by atoms with Crippen molar-refractivity contribution < 1.29 is 52.3 Å². The summed E-state index contributed by atoms with van der Waals surface area (Å²) in [5.41, 5.74) is -0.665. The summed E-state index contributed by atoms with van der Waals surface area (Å²) in [5, 5.41) is 0. The lowest BCUT2D eigenvalue weighted by atomic mass is 9.79. The van der Waals surface area contributed by atoms with Crippen LogP contribution in [0.15, 0.2) is 24.3 Å². The molecule has 0 aliphatic carbocycles. The number of ether oxygens (including phenoxy) is 8. The SMILES string of the molecule is CCCCCCCCCCC(=O)OC(C)COCC(CC)(COCC(C)OC(=O)C/C=C/C(C)(C)CC1CCOCC1)COCC(C)OC(=O)C(C)/C=C/C(C)(C)CN1CCOCC1. The molecule has 0 saturated carbocycles. The first-order chi connectivity index (χ1) is 30.5. The first-order valence-electron chi connectivity index (χ1n) is 25.0. The van der Waals surface area contributed by atoms with E-state index in [0.717, 1.165) is 84.6 Å². The Balaban J connectivity index is 1.90. The Labute approximate surface area is 389 Å². The quantitative estimate of drug-likeness (QED) is 0.0260. The Hall–Kier alpha value is -2.35. The minimum absolute atomic E-state index is 0.00704. The molecule has 2 saturated heterocycles. The van der Waals surface area contributed by atoms with Gasteiger partial charge < -0.3 is 37.9 Å². The van der Waals surface area contributed by atoms with Crippen LogP contribution in [0.5, 0.6) is 0 Å². The van der Waals surface area contributed by atoms with E-state index in [0.29, 0.717) is 25.4 Å². The van der Waals surface area contributed by atoms with Crippen molar-refractivity contribution in [3.05, 3.63) is 24.3 Å². The lowest BCUT2D eigenvalue weighted by Crippen LogP contribution is -2.41. The van der Waals surface area contributed by atoms with E-state index in [4.69, 9.17) is 37.9 Å². The second-order valence-corrected chi connectivity index (χ2v) is 20.4. The zero-order valence-electron chi connectivity index (χ0n) is 42.2. The summed E-state index contributed by atoms with van der Waals surface area (Å²) in [6.45, 7) is 27.8. The molecule has 2 aliphatic rings. The molecule has 0 amide bonds. The van der Waals surface area contributed by atoms with Crippen LogP contribution in [0.4, 0.5) is 0 Å². The molecule has 2 heterocycles. The number of esters is 3. The highest BCUT2D eigenvalue weighted by Gasteiger charge is 2.32. The van der Waals surface area contributed by atoms with Crippen LogP contribution in [-0.4, -0.2) is 127 Å². The van der Waals surface area contributed by atoms with E-state index in [-0.39, 0.29) is 68.2 Å². The number of unbranched alkanes of at least 4 members (excludes halogenated alkanes) is 7. The van der Waals surface area contributed by atoms with E-state index in [1.54, 1.807) is 0 Å². The third-order valence-electron chi connectivity index (χ3n) is 12.2. The van der Waals surface area contributed by atoms with Crippen LogP contribution in [0.25, 0.3) is 0 Å². The molecular formula is C52H93NO11. The van der Waals surface area contributed by atoms with Gasteiger partial charge in [0.15, 0.2) is 0 Å². The van der Waals surface area contributed by atoms with Crippen LogP contribution in [0.2, 0.25) is 0 Å². The monoisotopic (exact) mass is 908 g/mol. The summed E-state index contributed by atoms with van der Waals surface area (Å²) in [4.78, 5) is 40.8. The van der Waals surface area contributed by atoms with E-state index in [9.17, 15) is 14.4 Å². The minimum atomic E-state index is -0.560. The van der Waals surface area contributed by atoms with Gasteiger partial charge in [0.25, 0.3) is 0 Å². The number of allylic oxidation sites excluding steroid dienone is 1. The predicted octanol–water partition coefficient (Wildman–Crippen LogP) is 10.1. The standard InChI is InChI=1S/C52H93NO11/c1-11-13-14-15-16-17-18-19-21-47(54)62-43(4)35-59-39-52(12-2,40-60-36-44(5)63-48(55)22-20-26-50(7,8)34-46-24-30-57-31-25-46)41-61-37-45(6)64-49(56)42(3)23-27-51(9,10)38-53-28-32-58-33-29-53/h20,23,26-27,42-46H,11-19,21-22,24-25,28-41H2,1-10H3/b26-20+,27-23+. The topological polar surface area (TPSA) is 128 Å². The van der Waals surface area contributed by atoms with E-state index >= 15 is 0 Å². The molecule has 0 bridgehead atoms. The normalized spacial score (nSPS) is 18.7. The van der Waals surface area contributed by atoms with Crippen LogP contribution in [-0.2, 0) is 52.3 Å². The van der Waals surface area contributed by atoms with Crippen molar-refractivity contribution in [2.75, 3.05) is 85.7 Å². The maximum atomic E-state index is 13.1. The largest absolute Gasteiger partial charge is 0.460 e. The summed E-state index contributed by atoms with van der Waals surface area (Å²) in [6.07, 6.45) is 20.6. The number of hydrogen-bond donors (Lipinski definition) is 0. The molecule has 372 valence electrons. The smallest absolute Gasteiger partial charge is 0.312 e. The van der Waals surface area contributed by atoms with Gasteiger partial charge in [0.1, 0.15) is 18.3 Å². The summed E-state index contributed by atoms with van der Waals surface area (Å²) >= 11 is 0. The number of hydrogen-bond acceptors (Lipinski definition) is 12. The third kappa shape index (κ3) is 27.3. The number of nitrogens with zero attached hydrogens (tertiary/aromatic N) is 1. The molecule has 64 heavy (non-hydrogen) atoms. The Morgan fingerprint density at radius 1 is 0.656 bits per heavy atom. The molecule has 0 aromatic heterocycles. The highest BCUT2D eigenvalue weighted by atomic mass is 16.6. The number of rotatable bonds is 35. The Kier molecular flexibility index (Phi) is 29.2. The average molecular weight is 908 g/mol. The zero-order valence-corrected chi connectivity index (χ0v) is 42.2. The number of morpholine rings is 1. The van der Waals surface area contributed by atoms with Gasteiger partial charge in [0.05, 0.1) is 65.2 Å². The van der Waals surface area contributed by atoms with E-state index in [1.165, 1.54) is 32.1 Å². The second-order valence-electron chi connectivity index (χ2n) is 20.4. The van der Waals surface area contributed by atoms with Gasteiger partial charge in [-0.2, -0.15) is 0 Å². The number of carbonyl (C=O) groups excluding carboxylic acids is 3. The molecule has 2 fully saturated rings. The van der Waals surface area contributed by atoms with Gasteiger partial charge in [-0.3, -0.25) is 19.3 Å². The minimum Gasteiger partial charge on any atom is -0.460 e. The van der Waals surface area contributed by atoms with Crippen molar-refractivity contribution in [3.8, 4) is 0 Å². The number of carbonyl (C=O) groups is 3. The lowest BCUT2D eigenvalue weighted by molar-refractivity contribution is -0.157. The molecule has 5 unspecified atom stereocenters. The fraction of sp³-hybridized carbons (Fsp3) is 0.865. The van der Waals surface area contributed by atoms with Gasteiger partial charge in [0.2, 0.25) is 0 Å². The Bertz CT molecular complexity index is 1320. The van der Waals surface area contributed by atoms with E-state index < -0.39 is 29.6 Å². The highest BCUT2D eigenvalue weighted by molar-refractivity contribution is 5.74. The molecule has 12 nitrogen and oxygen atoms in total. The predicted molar refractivity (Wildman–Crippen MR) is 254 cm³/mol. The maximum Gasteiger partial charge on any atom is 0.312 e. The molecule has 5 atom stereocenters. The van der Waals surface area contributed by atoms with Gasteiger partial charge in [-0.05, 0) is 76.5 Å². The van der Waals surface area contributed by atoms with Crippen LogP contribution in [0.3, 0.4) is 0 Å². The fourth-order valence-electron chi connectivity index (χ4n) is 8.23. The average Bonchev–Trinajstić information content (AvgIpc) is 3.23. The summed E-state index contributed by atoms with van der Waals surface area (Å²) < 4.78 is 46.8. The van der Waals surface area contributed by atoms with Crippen molar-refractivity contribution in [2.45, 2.75) is 177 Å². The van der Waals surface area contributed by atoms with Crippen molar-refractivity contribution >= 4 is 17.9 Å². The van der Waals surface area contributed by atoms with Gasteiger partial charge in [0, 0.05) is 44.7 Å². The van der Waals surface area contributed by atoms with Crippen molar-refractivity contribution in [2.24, 2.45) is 28.1 Å². The Morgan fingerprint density at radius 3 is 1.73 bits per heavy atom. The van der Waals surface area contributed by atoms with Crippen LogP contribution in [0, 0.1) is 28.1 Å². The molecule has 0 spiro atoms. The highest BCUT2D eigenvalue weighted by Crippen LogP contribution is 2.32. The van der Waals surface area contributed by atoms with Crippen molar-refractivity contribution in [1.29, 1.82) is 0 Å². The summed E-state index contributed by atoms with van der Waals surface area (Å²) in [6, 6.07) is 0. The van der Waals surface area contributed by atoms with Crippen molar-refractivity contribution in [3.63, 3.8) is 0 Å². The van der Waals surface area contributed by atoms with E-state index in [2.05, 4.69) is 58.6 Å². The summed E-state index contributed by atoms with van der Waals surface area (Å²) in [5.74, 6) is -0.547. The fourth-order valence-corrected chi connectivity index (χ4v) is 8.23. The maximum absolute atomic E-state index is 13.1. The van der Waals surface area contributed by atoms with Crippen LogP contribution >= 0.6 is 0 Å². The van der Waals surface area contributed by atoms with Gasteiger partial charge in [-0.1, -0.05) is 111 Å². The lowest BCUT2D eigenvalue weighted by Gasteiger charge is -2.33. The Morgan fingerprint density at radius 2 is 1.17 bits per heavy atom. The molecule has 2 rings (SSSR count). The first kappa shape index (κ1) is 57.8. The molecular weight excluding hydrogens is 815 g/mol. The zero-order chi connectivity index (χ0) is 47.3. The molecule has 0 aromatic carbocycles. The molecule has 0 radical (unpaired) electrons. The van der Waals surface area contributed by atoms with E-state index in [1.807, 2.05) is 39.8 Å². The van der Waals surface area contributed by atoms with Crippen LogP contribution in [0.1, 0.15) is 159 Å². The van der Waals surface area contributed by atoms with Gasteiger partial charge >= 0.3 is 17.9 Å². The molecule has 12 heteroatoms. The van der Waals surface area contributed by atoms with Gasteiger partial charge in [-0.25, -0.2) is 0 Å². The first-order valence-corrected chi connectivity index (χ1v) is 25.0. The molecule has 0 aromatic rings. The third-order valence-corrected chi connectivity index (χ3v) is 12.2. The second kappa shape index (κ2) is 32.4. The van der Waals surface area contributed by atoms with Gasteiger partial charge in [-0.15, -0.1) is 0 Å². The molecule has 2 aliphatic heterocycles. The summed E-state index contributed by atoms with van der Waals surface area (Å²) in [7, 11) is 0. The van der Waals surface area contributed by atoms with Crippen molar-refractivity contribution in [1.82, 2.24) is 4.90 Å². The van der Waals surface area contributed by atoms with Crippen LogP contribution < -0.4 is 0 Å².